The number of carbonyl (C=O) groups is 1. The van der Waals surface area contributed by atoms with E-state index in [0.29, 0.717) is 6.42 Å². The third-order valence-corrected chi connectivity index (χ3v) is 7.88. The smallest absolute Gasteiger partial charge is 0.255 e. The van der Waals surface area contributed by atoms with Crippen LogP contribution >= 0.6 is 27.3 Å². The number of hydrogen-bond acceptors (Lipinski definition) is 5. The molecule has 0 aliphatic rings. The van der Waals surface area contributed by atoms with Crippen molar-refractivity contribution in [1.82, 2.24) is 9.73 Å². The molecule has 6 nitrogen and oxygen atoms in total. The highest BCUT2D eigenvalue weighted by atomic mass is 79.9. The number of benzene rings is 2. The summed E-state index contributed by atoms with van der Waals surface area (Å²) in [5.41, 5.74) is 4.48. The molecule has 0 saturated carbocycles. The van der Waals surface area contributed by atoms with Crippen molar-refractivity contribution in [2.24, 2.45) is 5.10 Å². The van der Waals surface area contributed by atoms with Crippen LogP contribution in [0.5, 0.6) is 0 Å². The number of nitrogens with zero attached hydrogens (tertiary/aromatic N) is 2. The number of amides is 1. The van der Waals surface area contributed by atoms with E-state index in [1.165, 1.54) is 27.8 Å². The molecule has 1 N–H and O–H groups in total. The molecule has 162 valence electrons. The van der Waals surface area contributed by atoms with Crippen LogP contribution in [0.3, 0.4) is 0 Å². The molecule has 0 bridgehead atoms. The summed E-state index contributed by atoms with van der Waals surface area (Å²) >= 11 is 4.83. The van der Waals surface area contributed by atoms with Gasteiger partial charge in [0.2, 0.25) is 10.0 Å². The molecule has 1 amide bonds. The van der Waals surface area contributed by atoms with Crippen LogP contribution in [0.2, 0.25) is 0 Å². The van der Waals surface area contributed by atoms with Gasteiger partial charge in [0.05, 0.1) is 17.7 Å². The molecule has 0 radical (unpaired) electrons. The van der Waals surface area contributed by atoms with E-state index in [4.69, 9.17) is 0 Å². The van der Waals surface area contributed by atoms with Crippen LogP contribution in [0.1, 0.15) is 16.0 Å². The molecule has 9 heteroatoms. The van der Waals surface area contributed by atoms with Gasteiger partial charge >= 0.3 is 0 Å². The summed E-state index contributed by atoms with van der Waals surface area (Å²) in [4.78, 5) is 13.5. The van der Waals surface area contributed by atoms with Gasteiger partial charge in [-0.1, -0.05) is 46.3 Å². The maximum absolute atomic E-state index is 13.2. The number of carbonyl (C=O) groups excluding carboxylic acids is 1. The van der Waals surface area contributed by atoms with Crippen LogP contribution in [-0.4, -0.2) is 37.9 Å². The quantitative estimate of drug-likeness (QED) is 0.339. The van der Waals surface area contributed by atoms with Crippen LogP contribution in [0.15, 0.2) is 80.5 Å². The number of thiophene rings is 1. The Labute approximate surface area is 194 Å². The Hall–Kier alpha value is -2.33. The molecule has 1 heterocycles. The summed E-state index contributed by atoms with van der Waals surface area (Å²) < 4.78 is 28.4. The van der Waals surface area contributed by atoms with Gasteiger partial charge in [-0.15, -0.1) is 11.3 Å². The molecular weight excluding hydrogens is 498 g/mol. The first-order valence-corrected chi connectivity index (χ1v) is 12.6. The van der Waals surface area contributed by atoms with E-state index in [0.717, 1.165) is 20.5 Å². The van der Waals surface area contributed by atoms with E-state index in [9.17, 15) is 13.2 Å². The van der Waals surface area contributed by atoms with E-state index in [2.05, 4.69) is 26.5 Å². The first-order chi connectivity index (χ1) is 14.9. The first-order valence-electron chi connectivity index (χ1n) is 9.52. The predicted octanol–water partition coefficient (Wildman–Crippen LogP) is 4.20. The average molecular weight is 520 g/mol. The van der Waals surface area contributed by atoms with Crippen molar-refractivity contribution in [3.63, 3.8) is 0 Å². The molecule has 3 aromatic rings. The molecule has 2 aromatic carbocycles. The van der Waals surface area contributed by atoms with Crippen molar-refractivity contribution in [2.45, 2.75) is 18.2 Å². The number of hydrazone groups is 1. The highest BCUT2D eigenvalue weighted by Gasteiger charge is 2.26. The first kappa shape index (κ1) is 23.3. The van der Waals surface area contributed by atoms with Crippen LogP contribution in [0.4, 0.5) is 0 Å². The third-order valence-electron chi connectivity index (χ3n) is 4.54. The summed E-state index contributed by atoms with van der Waals surface area (Å²) in [6.45, 7) is 1.80. The standard InChI is InChI=1S/C22H22BrN3O3S2/c1-17-12-14-30-21(17)15-24-25-22(27)16-26(13-11-18-5-3-2-4-6-18)31(28,29)20-9-7-19(23)8-10-20/h2-10,12,14-15H,11,13,16H2,1H3,(H,25,27)/b24-15-. The Kier molecular flexibility index (Phi) is 8.14. The van der Waals surface area contributed by atoms with Gasteiger partial charge < -0.3 is 0 Å². The molecule has 0 atom stereocenters. The van der Waals surface area contributed by atoms with Crippen molar-refractivity contribution in [3.8, 4) is 0 Å². The number of aryl methyl sites for hydroxylation is 1. The summed E-state index contributed by atoms with van der Waals surface area (Å²) in [6.07, 6.45) is 2.05. The van der Waals surface area contributed by atoms with Gasteiger partial charge in [0.25, 0.3) is 5.91 Å². The Bertz CT molecular complexity index is 1140. The van der Waals surface area contributed by atoms with E-state index in [-0.39, 0.29) is 18.0 Å². The van der Waals surface area contributed by atoms with Crippen molar-refractivity contribution >= 4 is 49.4 Å². The number of sulfonamides is 1. The monoisotopic (exact) mass is 519 g/mol. The van der Waals surface area contributed by atoms with Crippen LogP contribution in [0.25, 0.3) is 0 Å². The van der Waals surface area contributed by atoms with Gasteiger partial charge in [0.1, 0.15) is 0 Å². The highest BCUT2D eigenvalue weighted by Crippen LogP contribution is 2.19. The van der Waals surface area contributed by atoms with E-state index in [1.807, 2.05) is 48.7 Å². The molecule has 0 unspecified atom stereocenters. The van der Waals surface area contributed by atoms with Gasteiger partial charge in [-0.3, -0.25) is 4.79 Å². The lowest BCUT2D eigenvalue weighted by Crippen LogP contribution is -2.40. The van der Waals surface area contributed by atoms with Gasteiger partial charge in [0, 0.05) is 15.9 Å². The van der Waals surface area contributed by atoms with Crippen molar-refractivity contribution in [1.29, 1.82) is 0 Å². The van der Waals surface area contributed by atoms with Gasteiger partial charge in [-0.25, -0.2) is 13.8 Å². The molecule has 0 aliphatic heterocycles. The fourth-order valence-corrected chi connectivity index (χ4v) is 5.26. The van der Waals surface area contributed by atoms with E-state index < -0.39 is 15.9 Å². The zero-order chi connectivity index (χ0) is 22.3. The SMILES string of the molecule is Cc1ccsc1/C=N\NC(=O)CN(CCc1ccccc1)S(=O)(=O)c1ccc(Br)cc1. The highest BCUT2D eigenvalue weighted by molar-refractivity contribution is 9.10. The molecule has 0 spiro atoms. The number of rotatable bonds is 9. The second kappa shape index (κ2) is 10.8. The second-order valence-corrected chi connectivity index (χ2v) is 10.6. The van der Waals surface area contributed by atoms with E-state index >= 15 is 0 Å². The molecule has 3 rings (SSSR count). The maximum Gasteiger partial charge on any atom is 0.255 e. The van der Waals surface area contributed by atoms with Crippen LogP contribution in [-0.2, 0) is 21.2 Å². The molecule has 1 aromatic heterocycles. The maximum atomic E-state index is 13.2. The summed E-state index contributed by atoms with van der Waals surface area (Å²) in [5, 5.41) is 5.91. The minimum atomic E-state index is -3.86. The molecule has 31 heavy (non-hydrogen) atoms. The second-order valence-electron chi connectivity index (χ2n) is 6.79. The molecule has 0 fully saturated rings. The number of nitrogens with one attached hydrogen (secondary N) is 1. The van der Waals surface area contributed by atoms with Crippen LogP contribution < -0.4 is 5.43 Å². The summed E-state index contributed by atoms with van der Waals surface area (Å²) in [6, 6.07) is 17.9. The summed E-state index contributed by atoms with van der Waals surface area (Å²) in [7, 11) is -3.86. The lowest BCUT2D eigenvalue weighted by atomic mass is 10.1. The zero-order valence-electron chi connectivity index (χ0n) is 16.9. The number of halogens is 1. The molecule has 0 saturated heterocycles. The average Bonchev–Trinajstić information content (AvgIpc) is 3.16. The Balaban J connectivity index is 1.74. The Morgan fingerprint density at radius 2 is 1.84 bits per heavy atom. The Morgan fingerprint density at radius 3 is 2.48 bits per heavy atom. The zero-order valence-corrected chi connectivity index (χ0v) is 20.1. The van der Waals surface area contributed by atoms with Crippen LogP contribution in [0, 0.1) is 6.92 Å². The Morgan fingerprint density at radius 1 is 1.13 bits per heavy atom. The van der Waals surface area contributed by atoms with Crippen molar-refractivity contribution in [2.75, 3.05) is 13.1 Å². The van der Waals surface area contributed by atoms with Crippen molar-refractivity contribution < 1.29 is 13.2 Å². The predicted molar refractivity (Wildman–Crippen MR) is 128 cm³/mol. The molecular formula is C22H22BrN3O3S2. The molecule has 0 aliphatic carbocycles. The number of hydrogen-bond donors (Lipinski definition) is 1. The van der Waals surface area contributed by atoms with Gasteiger partial charge in [0.15, 0.2) is 0 Å². The van der Waals surface area contributed by atoms with E-state index in [1.54, 1.807) is 18.3 Å². The largest absolute Gasteiger partial charge is 0.272 e. The lowest BCUT2D eigenvalue weighted by molar-refractivity contribution is -0.121. The third kappa shape index (κ3) is 6.57. The minimum Gasteiger partial charge on any atom is -0.272 e. The fraction of sp³-hybridized carbons (Fsp3) is 0.182. The van der Waals surface area contributed by atoms with Gasteiger partial charge in [-0.2, -0.15) is 9.41 Å². The topological polar surface area (TPSA) is 78.8 Å². The fourth-order valence-electron chi connectivity index (χ4n) is 2.81. The minimum absolute atomic E-state index is 0.134. The van der Waals surface area contributed by atoms with Gasteiger partial charge in [-0.05, 0) is 60.2 Å². The lowest BCUT2D eigenvalue weighted by Gasteiger charge is -2.21. The normalized spacial score (nSPS) is 11.8. The van der Waals surface area contributed by atoms with Crippen molar-refractivity contribution in [3.05, 3.63) is 86.5 Å². The summed E-state index contributed by atoms with van der Waals surface area (Å²) in [5.74, 6) is -0.501.